The Morgan fingerprint density at radius 1 is 1.26 bits per heavy atom. The first kappa shape index (κ1) is 16.7. The third-order valence-corrected chi connectivity index (χ3v) is 2.98. The van der Waals surface area contributed by atoms with Crippen LogP contribution in [0.3, 0.4) is 0 Å². The third-order valence-electron chi connectivity index (χ3n) is 2.98. The van der Waals surface area contributed by atoms with Crippen LogP contribution in [0.2, 0.25) is 0 Å². The first-order valence-corrected chi connectivity index (χ1v) is 7.39. The number of hydrazone groups is 1. The van der Waals surface area contributed by atoms with E-state index in [9.17, 15) is 4.79 Å². The van der Waals surface area contributed by atoms with E-state index in [1.807, 2.05) is 52.0 Å². The molecule has 0 bridgehead atoms. The molecule has 0 radical (unpaired) electrons. The normalized spacial score (nSPS) is 11.7. The average Bonchev–Trinajstić information content (AvgIpc) is 2.48. The number of hydrogen-bond acceptors (Lipinski definition) is 6. The summed E-state index contributed by atoms with van der Waals surface area (Å²) in [5.74, 6) is 1.01. The summed E-state index contributed by atoms with van der Waals surface area (Å²) in [7, 11) is 0. The fourth-order valence-electron chi connectivity index (χ4n) is 1.86. The minimum Gasteiger partial charge on any atom is -0.494 e. The minimum atomic E-state index is -0.356. The summed E-state index contributed by atoms with van der Waals surface area (Å²) in [6, 6.07) is 7.50. The number of aromatic amines is 1. The van der Waals surface area contributed by atoms with Gasteiger partial charge in [-0.15, -0.1) is 10.2 Å². The SMILES string of the molecule is CCOc1ccc(/C=N/Nc2nnc(C(C)(C)C)c(=O)[nH]2)cc1. The van der Waals surface area contributed by atoms with Gasteiger partial charge in [-0.2, -0.15) is 5.10 Å². The van der Waals surface area contributed by atoms with Gasteiger partial charge in [0.2, 0.25) is 5.95 Å². The Balaban J connectivity index is 2.03. The number of nitrogens with zero attached hydrogens (tertiary/aromatic N) is 3. The smallest absolute Gasteiger partial charge is 0.274 e. The summed E-state index contributed by atoms with van der Waals surface area (Å²) in [5.41, 5.74) is 3.31. The molecule has 0 unspecified atom stereocenters. The van der Waals surface area contributed by atoms with Gasteiger partial charge >= 0.3 is 0 Å². The zero-order valence-corrected chi connectivity index (χ0v) is 13.8. The van der Waals surface area contributed by atoms with Crippen molar-refractivity contribution in [3.8, 4) is 5.75 Å². The van der Waals surface area contributed by atoms with Crippen molar-refractivity contribution in [2.45, 2.75) is 33.1 Å². The van der Waals surface area contributed by atoms with Crippen LogP contribution in [0.1, 0.15) is 39.0 Å². The van der Waals surface area contributed by atoms with Gasteiger partial charge in [-0.25, -0.2) is 5.43 Å². The molecule has 7 heteroatoms. The van der Waals surface area contributed by atoms with Gasteiger partial charge < -0.3 is 4.74 Å². The second-order valence-electron chi connectivity index (χ2n) is 5.97. The van der Waals surface area contributed by atoms with Gasteiger partial charge in [0.15, 0.2) is 0 Å². The lowest BCUT2D eigenvalue weighted by Gasteiger charge is -2.15. The maximum Gasteiger partial charge on any atom is 0.274 e. The van der Waals surface area contributed by atoms with Crippen LogP contribution in [0, 0.1) is 0 Å². The number of anilines is 1. The molecule has 0 amide bonds. The maximum atomic E-state index is 12.0. The molecule has 0 aliphatic carbocycles. The summed E-state index contributed by atoms with van der Waals surface area (Å²) in [6.07, 6.45) is 1.62. The van der Waals surface area contributed by atoms with E-state index in [0.717, 1.165) is 11.3 Å². The van der Waals surface area contributed by atoms with Crippen molar-refractivity contribution in [2.24, 2.45) is 5.10 Å². The highest BCUT2D eigenvalue weighted by atomic mass is 16.5. The van der Waals surface area contributed by atoms with Crippen molar-refractivity contribution < 1.29 is 4.74 Å². The zero-order valence-electron chi connectivity index (χ0n) is 13.8. The highest BCUT2D eigenvalue weighted by Gasteiger charge is 2.20. The third kappa shape index (κ3) is 4.64. The van der Waals surface area contributed by atoms with Crippen LogP contribution >= 0.6 is 0 Å². The molecular weight excluding hydrogens is 294 g/mol. The van der Waals surface area contributed by atoms with E-state index in [4.69, 9.17) is 4.74 Å². The second-order valence-corrected chi connectivity index (χ2v) is 5.97. The van der Waals surface area contributed by atoms with Crippen molar-refractivity contribution >= 4 is 12.2 Å². The second kappa shape index (κ2) is 7.04. The Morgan fingerprint density at radius 3 is 2.52 bits per heavy atom. The van der Waals surface area contributed by atoms with Crippen LogP contribution in [0.25, 0.3) is 0 Å². The predicted octanol–water partition coefficient (Wildman–Crippen LogP) is 2.31. The van der Waals surface area contributed by atoms with Crippen molar-refractivity contribution in [2.75, 3.05) is 12.0 Å². The number of rotatable bonds is 5. The number of nitrogens with one attached hydrogen (secondary N) is 2. The standard InChI is InChI=1S/C16H21N5O2/c1-5-23-12-8-6-11(7-9-12)10-17-20-15-18-14(22)13(19-21-15)16(2,3)4/h6-10H,5H2,1-4H3,(H2,18,20,21,22)/b17-10+. The van der Waals surface area contributed by atoms with Crippen LogP contribution in [0.5, 0.6) is 5.75 Å². The van der Waals surface area contributed by atoms with E-state index in [-0.39, 0.29) is 16.9 Å². The Morgan fingerprint density at radius 2 is 1.96 bits per heavy atom. The summed E-state index contributed by atoms with van der Waals surface area (Å²) < 4.78 is 5.37. The van der Waals surface area contributed by atoms with Crippen molar-refractivity contribution in [3.63, 3.8) is 0 Å². The molecule has 2 rings (SSSR count). The molecule has 1 aromatic carbocycles. The summed E-state index contributed by atoms with van der Waals surface area (Å²) in [5, 5.41) is 11.9. The summed E-state index contributed by atoms with van der Waals surface area (Å²) >= 11 is 0. The number of ether oxygens (including phenoxy) is 1. The van der Waals surface area contributed by atoms with Gasteiger partial charge in [0.05, 0.1) is 12.8 Å². The van der Waals surface area contributed by atoms with Crippen molar-refractivity contribution in [1.82, 2.24) is 15.2 Å². The highest BCUT2D eigenvalue weighted by Crippen LogP contribution is 2.15. The van der Waals surface area contributed by atoms with E-state index in [1.165, 1.54) is 0 Å². The van der Waals surface area contributed by atoms with Gasteiger partial charge in [0.25, 0.3) is 5.56 Å². The monoisotopic (exact) mass is 315 g/mol. The molecule has 122 valence electrons. The molecule has 1 heterocycles. The first-order valence-electron chi connectivity index (χ1n) is 7.39. The molecule has 1 aromatic heterocycles. The van der Waals surface area contributed by atoms with Crippen LogP contribution in [0.15, 0.2) is 34.2 Å². The highest BCUT2D eigenvalue weighted by molar-refractivity contribution is 5.80. The van der Waals surface area contributed by atoms with Gasteiger partial charge in [-0.05, 0) is 36.8 Å². The van der Waals surface area contributed by atoms with Gasteiger partial charge in [-0.3, -0.25) is 9.78 Å². The lowest BCUT2D eigenvalue weighted by molar-refractivity contribution is 0.340. The molecule has 0 atom stereocenters. The molecule has 0 saturated carbocycles. The van der Waals surface area contributed by atoms with Crippen molar-refractivity contribution in [3.05, 3.63) is 45.9 Å². The molecule has 0 aliphatic rings. The lowest BCUT2D eigenvalue weighted by atomic mass is 9.93. The fraction of sp³-hybridized carbons (Fsp3) is 0.375. The molecule has 2 aromatic rings. The van der Waals surface area contributed by atoms with Crippen LogP contribution in [-0.2, 0) is 5.41 Å². The van der Waals surface area contributed by atoms with Gasteiger partial charge in [0.1, 0.15) is 11.4 Å². The quantitative estimate of drug-likeness (QED) is 0.652. The molecular formula is C16H21N5O2. The van der Waals surface area contributed by atoms with Gasteiger partial charge in [-0.1, -0.05) is 20.8 Å². The summed E-state index contributed by atoms with van der Waals surface area (Å²) in [4.78, 5) is 14.6. The van der Waals surface area contributed by atoms with E-state index < -0.39 is 0 Å². The van der Waals surface area contributed by atoms with Crippen LogP contribution < -0.4 is 15.7 Å². The average molecular weight is 315 g/mol. The topological polar surface area (TPSA) is 92.3 Å². The van der Waals surface area contributed by atoms with E-state index in [2.05, 4.69) is 25.7 Å². The molecule has 0 saturated heterocycles. The van der Waals surface area contributed by atoms with E-state index >= 15 is 0 Å². The number of aromatic nitrogens is 3. The molecule has 7 nitrogen and oxygen atoms in total. The zero-order chi connectivity index (χ0) is 16.9. The van der Waals surface area contributed by atoms with Crippen LogP contribution in [-0.4, -0.2) is 28.0 Å². The minimum absolute atomic E-state index is 0.199. The predicted molar refractivity (Wildman–Crippen MR) is 90.2 cm³/mol. The summed E-state index contributed by atoms with van der Waals surface area (Å²) in [6.45, 7) is 8.29. The fourth-order valence-corrected chi connectivity index (χ4v) is 1.86. The van der Waals surface area contributed by atoms with Crippen molar-refractivity contribution in [1.29, 1.82) is 0 Å². The number of hydrogen-bond donors (Lipinski definition) is 2. The first-order chi connectivity index (χ1) is 10.9. The Bertz CT molecular complexity index is 729. The lowest BCUT2D eigenvalue weighted by Crippen LogP contribution is -2.28. The Kier molecular flexibility index (Phi) is 5.10. The number of benzene rings is 1. The molecule has 0 fully saturated rings. The van der Waals surface area contributed by atoms with Gasteiger partial charge in [0, 0.05) is 5.41 Å². The number of H-pyrrole nitrogens is 1. The molecule has 0 aliphatic heterocycles. The molecule has 0 spiro atoms. The molecule has 23 heavy (non-hydrogen) atoms. The maximum absolute atomic E-state index is 12.0. The molecule has 2 N–H and O–H groups in total. The van der Waals surface area contributed by atoms with E-state index in [0.29, 0.717) is 12.3 Å². The largest absolute Gasteiger partial charge is 0.494 e. The van der Waals surface area contributed by atoms with Crippen LogP contribution in [0.4, 0.5) is 5.95 Å². The van der Waals surface area contributed by atoms with E-state index in [1.54, 1.807) is 6.21 Å². The Labute approximate surface area is 134 Å². The Hall–Kier alpha value is -2.70.